The number of fused-ring (bicyclic) bond motifs is 7. The summed E-state index contributed by atoms with van der Waals surface area (Å²) < 4.78 is 5.43. The maximum absolute atomic E-state index is 14.7. The summed E-state index contributed by atoms with van der Waals surface area (Å²) in [5.74, 6) is -0.863. The number of amides is 2. The number of Topliss-reactive ketones (excluding diaryl/α,β-unsaturated/α-hetero) is 1. The predicted molar refractivity (Wildman–Crippen MR) is 144 cm³/mol. The molecule has 3 aromatic carbocycles. The van der Waals surface area contributed by atoms with Gasteiger partial charge in [0.2, 0.25) is 5.91 Å². The van der Waals surface area contributed by atoms with Gasteiger partial charge in [-0.15, -0.1) is 0 Å². The summed E-state index contributed by atoms with van der Waals surface area (Å²) in [6, 6.07) is 18.4. The molecule has 2 spiro atoms. The number of aryl methyl sites for hydroxylation is 2. The number of ketones is 1. The van der Waals surface area contributed by atoms with Crippen molar-refractivity contribution in [2.45, 2.75) is 43.7 Å². The van der Waals surface area contributed by atoms with Crippen molar-refractivity contribution in [3.8, 4) is 5.75 Å². The Labute approximate surface area is 221 Å². The van der Waals surface area contributed by atoms with Crippen LogP contribution in [-0.4, -0.2) is 42.2 Å². The van der Waals surface area contributed by atoms with Crippen LogP contribution in [0.25, 0.3) is 0 Å². The molecule has 7 rings (SSSR count). The van der Waals surface area contributed by atoms with Gasteiger partial charge in [-0.2, -0.15) is 0 Å². The molecule has 7 heteroatoms. The van der Waals surface area contributed by atoms with Crippen LogP contribution in [0.1, 0.15) is 45.5 Å². The monoisotopic (exact) mass is 507 g/mol. The molecule has 2 N–H and O–H groups in total. The molecule has 3 aromatic rings. The van der Waals surface area contributed by atoms with Gasteiger partial charge in [0.15, 0.2) is 5.78 Å². The number of rotatable bonds is 3. The molecule has 2 fully saturated rings. The molecule has 7 nitrogen and oxygen atoms in total. The number of para-hydroxylation sites is 1. The Morgan fingerprint density at radius 3 is 2.61 bits per heavy atom. The van der Waals surface area contributed by atoms with E-state index in [1.54, 1.807) is 31.4 Å². The number of nitrogens with one attached hydrogen (secondary N) is 2. The molecule has 4 aliphatic heterocycles. The Morgan fingerprint density at radius 2 is 1.79 bits per heavy atom. The third kappa shape index (κ3) is 2.55. The fourth-order valence-corrected chi connectivity index (χ4v) is 7.99. The number of carbonyl (C=O) groups excluding carboxylic acids is 3. The Kier molecular flexibility index (Phi) is 4.74. The van der Waals surface area contributed by atoms with Crippen molar-refractivity contribution in [1.82, 2.24) is 4.90 Å². The summed E-state index contributed by atoms with van der Waals surface area (Å²) in [4.78, 5) is 45.9. The van der Waals surface area contributed by atoms with Crippen LogP contribution in [0, 0.1) is 19.8 Å². The molecule has 0 bridgehead atoms. The molecule has 192 valence electrons. The van der Waals surface area contributed by atoms with E-state index in [2.05, 4.69) is 15.5 Å². The lowest BCUT2D eigenvalue weighted by Gasteiger charge is -2.43. The van der Waals surface area contributed by atoms with Crippen LogP contribution in [0.15, 0.2) is 60.7 Å². The third-order valence-electron chi connectivity index (χ3n) is 9.18. The zero-order valence-electron chi connectivity index (χ0n) is 21.6. The number of hydrogen-bond donors (Lipinski definition) is 2. The number of anilines is 2. The van der Waals surface area contributed by atoms with E-state index in [0.29, 0.717) is 29.1 Å². The quantitative estimate of drug-likeness (QED) is 0.516. The zero-order valence-corrected chi connectivity index (χ0v) is 21.6. The summed E-state index contributed by atoms with van der Waals surface area (Å²) in [5.41, 5.74) is 2.56. The molecule has 0 saturated carbocycles. The van der Waals surface area contributed by atoms with Gasteiger partial charge in [-0.3, -0.25) is 19.3 Å². The number of methoxy groups -OCH3 is 1. The Bertz CT molecular complexity index is 1560. The van der Waals surface area contributed by atoms with E-state index < -0.39 is 16.9 Å². The van der Waals surface area contributed by atoms with Gasteiger partial charge in [-0.25, -0.2) is 0 Å². The number of ether oxygens (including phenoxy) is 1. The van der Waals surface area contributed by atoms with Gasteiger partial charge in [-0.05, 0) is 62.6 Å². The van der Waals surface area contributed by atoms with E-state index in [1.165, 1.54) is 0 Å². The smallest absolute Gasteiger partial charge is 0.251 e. The van der Waals surface area contributed by atoms with Crippen molar-refractivity contribution < 1.29 is 19.1 Å². The number of nitrogens with zero attached hydrogens (tertiary/aromatic N) is 1. The van der Waals surface area contributed by atoms with E-state index in [1.807, 2.05) is 50.2 Å². The van der Waals surface area contributed by atoms with E-state index in [9.17, 15) is 14.4 Å². The first kappa shape index (κ1) is 23.2. The molecule has 2 saturated heterocycles. The van der Waals surface area contributed by atoms with Gasteiger partial charge >= 0.3 is 0 Å². The molecule has 38 heavy (non-hydrogen) atoms. The van der Waals surface area contributed by atoms with Gasteiger partial charge in [-0.1, -0.05) is 48.0 Å². The van der Waals surface area contributed by atoms with Crippen molar-refractivity contribution in [2.75, 3.05) is 24.3 Å². The molecule has 4 heterocycles. The number of hydrogen-bond acceptors (Lipinski definition) is 5. The van der Waals surface area contributed by atoms with Crippen molar-refractivity contribution in [3.05, 3.63) is 88.5 Å². The summed E-state index contributed by atoms with van der Waals surface area (Å²) in [7, 11) is 1.57. The van der Waals surface area contributed by atoms with Crippen LogP contribution in [0.2, 0.25) is 0 Å². The topological polar surface area (TPSA) is 87.7 Å². The van der Waals surface area contributed by atoms with Crippen LogP contribution in [0.3, 0.4) is 0 Å². The van der Waals surface area contributed by atoms with Gasteiger partial charge in [0, 0.05) is 28.5 Å². The minimum atomic E-state index is -1.44. The van der Waals surface area contributed by atoms with E-state index in [4.69, 9.17) is 4.74 Å². The Hall–Kier alpha value is -3.97. The average Bonchev–Trinajstić information content (AvgIpc) is 3.63. The lowest BCUT2D eigenvalue weighted by molar-refractivity contribution is -0.137. The highest BCUT2D eigenvalue weighted by molar-refractivity contribution is 6.21. The van der Waals surface area contributed by atoms with Crippen molar-refractivity contribution >= 4 is 29.0 Å². The first-order valence-corrected chi connectivity index (χ1v) is 13.1. The SMILES string of the molecule is COc1cccc(C(=O)C2C3CCCN3[C@@]3(C(=O)Nc4c(C)cc(C)cc43)[C@@]23C(=O)Nc2ccccc23)c1. The molecule has 2 unspecified atom stereocenters. The van der Waals surface area contributed by atoms with E-state index in [-0.39, 0.29) is 23.6 Å². The summed E-state index contributed by atoms with van der Waals surface area (Å²) >= 11 is 0. The normalized spacial score (nSPS) is 28.8. The lowest BCUT2D eigenvalue weighted by Crippen LogP contribution is -2.62. The first-order chi connectivity index (χ1) is 18.3. The van der Waals surface area contributed by atoms with Crippen LogP contribution < -0.4 is 15.4 Å². The molecule has 0 radical (unpaired) electrons. The molecule has 0 aliphatic carbocycles. The second-order valence-electron chi connectivity index (χ2n) is 11.0. The van der Waals surface area contributed by atoms with Crippen LogP contribution in [0.5, 0.6) is 5.75 Å². The van der Waals surface area contributed by atoms with Gasteiger partial charge < -0.3 is 15.4 Å². The van der Waals surface area contributed by atoms with Gasteiger partial charge in [0.1, 0.15) is 16.7 Å². The minimum Gasteiger partial charge on any atom is -0.497 e. The van der Waals surface area contributed by atoms with E-state index in [0.717, 1.165) is 35.2 Å². The van der Waals surface area contributed by atoms with E-state index >= 15 is 0 Å². The Balaban J connectivity index is 1.59. The zero-order chi connectivity index (χ0) is 26.4. The number of benzene rings is 3. The third-order valence-corrected chi connectivity index (χ3v) is 9.18. The molecule has 2 amide bonds. The molecular formula is C31H29N3O4. The minimum absolute atomic E-state index is 0.143. The van der Waals surface area contributed by atoms with Crippen LogP contribution in [-0.2, 0) is 20.5 Å². The standard InChI is InChI=1S/C31H29N3O4/c1-17-14-18(2)26-22(15-17)31(29(37)33-26)30(21-10-4-5-11-23(21)32-28(30)36)25(24-12-7-13-34(24)31)27(35)19-8-6-9-20(16-19)38-3/h4-6,8-11,14-16,24-25H,7,12-13H2,1-3H3,(H,32,36)(H,33,37)/t24?,25?,30-,31+/m1/s1. The summed E-state index contributed by atoms with van der Waals surface area (Å²) in [6.07, 6.45) is 1.58. The van der Waals surface area contributed by atoms with Crippen LogP contribution >= 0.6 is 0 Å². The number of carbonyl (C=O) groups is 3. The van der Waals surface area contributed by atoms with Crippen molar-refractivity contribution in [2.24, 2.45) is 5.92 Å². The highest BCUT2D eigenvalue weighted by atomic mass is 16.5. The molecule has 4 aliphatic rings. The fraction of sp³-hybridized carbons (Fsp3) is 0.323. The van der Waals surface area contributed by atoms with Crippen molar-refractivity contribution in [1.29, 1.82) is 0 Å². The Morgan fingerprint density at radius 1 is 0.974 bits per heavy atom. The first-order valence-electron chi connectivity index (χ1n) is 13.1. The second-order valence-corrected chi connectivity index (χ2v) is 11.0. The summed E-state index contributed by atoms with van der Waals surface area (Å²) in [5, 5.41) is 6.25. The second kappa shape index (κ2) is 7.77. The molecule has 4 atom stereocenters. The predicted octanol–water partition coefficient (Wildman–Crippen LogP) is 4.33. The molecule has 0 aromatic heterocycles. The van der Waals surface area contributed by atoms with Gasteiger partial charge in [0.05, 0.1) is 13.0 Å². The lowest BCUT2D eigenvalue weighted by atomic mass is 9.57. The highest BCUT2D eigenvalue weighted by Crippen LogP contribution is 2.68. The largest absolute Gasteiger partial charge is 0.497 e. The summed E-state index contributed by atoms with van der Waals surface area (Å²) in [6.45, 7) is 4.62. The fourth-order valence-electron chi connectivity index (χ4n) is 7.99. The van der Waals surface area contributed by atoms with Gasteiger partial charge in [0.25, 0.3) is 5.91 Å². The maximum Gasteiger partial charge on any atom is 0.251 e. The van der Waals surface area contributed by atoms with Crippen LogP contribution in [0.4, 0.5) is 11.4 Å². The van der Waals surface area contributed by atoms with Crippen molar-refractivity contribution in [3.63, 3.8) is 0 Å². The average molecular weight is 508 g/mol. The highest BCUT2D eigenvalue weighted by Gasteiger charge is 2.81. The molecular weight excluding hydrogens is 478 g/mol. The maximum atomic E-state index is 14.7.